The SMILES string of the molecule is C=C(C)C(=O)N(C)CN(C)C. The highest BCUT2D eigenvalue weighted by atomic mass is 16.2. The van der Waals surface area contributed by atoms with E-state index < -0.39 is 0 Å². The smallest absolute Gasteiger partial charge is 0.249 e. The molecule has 0 rings (SSSR count). The molecule has 11 heavy (non-hydrogen) atoms. The zero-order valence-electron chi connectivity index (χ0n) is 7.72. The van der Waals surface area contributed by atoms with Gasteiger partial charge in [0.2, 0.25) is 5.91 Å². The van der Waals surface area contributed by atoms with Gasteiger partial charge in [0.25, 0.3) is 0 Å². The molecule has 0 spiro atoms. The minimum absolute atomic E-state index is 0.00120. The number of nitrogens with zero attached hydrogens (tertiary/aromatic N) is 2. The van der Waals surface area contributed by atoms with Gasteiger partial charge in [-0.2, -0.15) is 0 Å². The monoisotopic (exact) mass is 156 g/mol. The Kier molecular flexibility index (Phi) is 3.82. The molecule has 1 amide bonds. The summed E-state index contributed by atoms with van der Waals surface area (Å²) in [5.41, 5.74) is 0.578. The highest BCUT2D eigenvalue weighted by Gasteiger charge is 2.08. The molecule has 0 aliphatic rings. The molecule has 3 nitrogen and oxygen atoms in total. The fraction of sp³-hybridized carbons (Fsp3) is 0.625. The van der Waals surface area contributed by atoms with Crippen LogP contribution in [0.1, 0.15) is 6.92 Å². The molecule has 0 fully saturated rings. The van der Waals surface area contributed by atoms with E-state index in [1.54, 1.807) is 18.9 Å². The number of carbonyl (C=O) groups excluding carboxylic acids is 1. The Morgan fingerprint density at radius 1 is 1.36 bits per heavy atom. The van der Waals surface area contributed by atoms with Crippen LogP contribution in [0.2, 0.25) is 0 Å². The lowest BCUT2D eigenvalue weighted by Gasteiger charge is -2.21. The second kappa shape index (κ2) is 4.13. The topological polar surface area (TPSA) is 23.6 Å². The molecule has 0 atom stereocenters. The van der Waals surface area contributed by atoms with Crippen molar-refractivity contribution in [3.63, 3.8) is 0 Å². The van der Waals surface area contributed by atoms with Gasteiger partial charge >= 0.3 is 0 Å². The Morgan fingerprint density at radius 2 is 1.82 bits per heavy atom. The first kappa shape index (κ1) is 10.2. The van der Waals surface area contributed by atoms with E-state index in [2.05, 4.69) is 6.58 Å². The minimum atomic E-state index is -0.00120. The summed E-state index contributed by atoms with van der Waals surface area (Å²) >= 11 is 0. The van der Waals surface area contributed by atoms with E-state index >= 15 is 0 Å². The molecular weight excluding hydrogens is 140 g/mol. The van der Waals surface area contributed by atoms with Gasteiger partial charge in [0.05, 0.1) is 6.67 Å². The molecule has 0 aromatic heterocycles. The van der Waals surface area contributed by atoms with Gasteiger partial charge in [-0.15, -0.1) is 0 Å². The third-order valence-corrected chi connectivity index (χ3v) is 1.21. The average molecular weight is 156 g/mol. The first-order valence-electron chi connectivity index (χ1n) is 3.51. The van der Waals surface area contributed by atoms with Gasteiger partial charge in [-0.25, -0.2) is 0 Å². The van der Waals surface area contributed by atoms with E-state index in [1.165, 1.54) is 0 Å². The first-order chi connectivity index (χ1) is 4.95. The lowest BCUT2D eigenvalue weighted by atomic mass is 10.3. The van der Waals surface area contributed by atoms with Crippen molar-refractivity contribution in [2.45, 2.75) is 6.92 Å². The Morgan fingerprint density at radius 3 is 2.09 bits per heavy atom. The van der Waals surface area contributed by atoms with Crippen LogP contribution in [0.3, 0.4) is 0 Å². The Balaban J connectivity index is 3.93. The van der Waals surface area contributed by atoms with Crippen molar-refractivity contribution >= 4 is 5.91 Å². The molecule has 0 bridgehead atoms. The van der Waals surface area contributed by atoms with Crippen LogP contribution in [0.15, 0.2) is 12.2 Å². The maximum Gasteiger partial charge on any atom is 0.249 e. The number of carbonyl (C=O) groups is 1. The summed E-state index contributed by atoms with van der Waals surface area (Å²) in [6, 6.07) is 0. The zero-order chi connectivity index (χ0) is 9.02. The molecule has 0 N–H and O–H groups in total. The maximum atomic E-state index is 11.2. The number of hydrogen-bond donors (Lipinski definition) is 0. The molecule has 0 aliphatic carbocycles. The summed E-state index contributed by atoms with van der Waals surface area (Å²) < 4.78 is 0. The van der Waals surface area contributed by atoms with Gasteiger partial charge in [0, 0.05) is 12.6 Å². The van der Waals surface area contributed by atoms with Gasteiger partial charge in [0.15, 0.2) is 0 Å². The third-order valence-electron chi connectivity index (χ3n) is 1.21. The number of hydrogen-bond acceptors (Lipinski definition) is 2. The Hall–Kier alpha value is -0.830. The summed E-state index contributed by atoms with van der Waals surface area (Å²) in [7, 11) is 5.60. The van der Waals surface area contributed by atoms with Crippen LogP contribution in [0, 0.1) is 0 Å². The van der Waals surface area contributed by atoms with E-state index in [4.69, 9.17) is 0 Å². The van der Waals surface area contributed by atoms with Crippen LogP contribution in [0.5, 0.6) is 0 Å². The van der Waals surface area contributed by atoms with Gasteiger partial charge in [-0.1, -0.05) is 6.58 Å². The molecule has 0 aliphatic heterocycles. The quantitative estimate of drug-likeness (QED) is 0.440. The van der Waals surface area contributed by atoms with Crippen LogP contribution in [-0.2, 0) is 4.79 Å². The van der Waals surface area contributed by atoms with Crippen LogP contribution in [0.25, 0.3) is 0 Å². The predicted molar refractivity (Wildman–Crippen MR) is 46.1 cm³/mol. The molecule has 0 aromatic carbocycles. The summed E-state index contributed by atoms with van der Waals surface area (Å²) in [6.07, 6.45) is 0. The van der Waals surface area contributed by atoms with Crippen molar-refractivity contribution in [2.75, 3.05) is 27.8 Å². The number of amides is 1. The standard InChI is InChI=1S/C8H16N2O/c1-7(2)8(11)10(5)6-9(3)4/h1,6H2,2-5H3. The van der Waals surface area contributed by atoms with Gasteiger partial charge in [-0.3, -0.25) is 9.69 Å². The molecule has 0 unspecified atom stereocenters. The number of likely N-dealkylation sites (N-methyl/N-ethyl adjacent to an activating group) is 1. The van der Waals surface area contributed by atoms with E-state index in [9.17, 15) is 4.79 Å². The first-order valence-corrected chi connectivity index (χ1v) is 3.51. The molecule has 0 radical (unpaired) electrons. The molecule has 0 saturated carbocycles. The van der Waals surface area contributed by atoms with Gasteiger partial charge in [0.1, 0.15) is 0 Å². The average Bonchev–Trinajstić information content (AvgIpc) is 1.84. The number of rotatable bonds is 3. The van der Waals surface area contributed by atoms with Crippen molar-refractivity contribution in [1.29, 1.82) is 0 Å². The van der Waals surface area contributed by atoms with Crippen LogP contribution < -0.4 is 0 Å². The second-order valence-corrected chi connectivity index (χ2v) is 3.00. The molecular formula is C8H16N2O. The molecule has 0 aromatic rings. The zero-order valence-corrected chi connectivity index (χ0v) is 7.72. The summed E-state index contributed by atoms with van der Waals surface area (Å²) in [6.45, 7) is 5.92. The predicted octanol–water partition coefficient (Wildman–Crippen LogP) is 0.540. The van der Waals surface area contributed by atoms with Crippen molar-refractivity contribution in [1.82, 2.24) is 9.80 Å². The lowest BCUT2D eigenvalue weighted by Crippen LogP contribution is -2.35. The van der Waals surface area contributed by atoms with Crippen molar-refractivity contribution in [2.24, 2.45) is 0 Å². The Labute approximate surface area is 68.3 Å². The van der Waals surface area contributed by atoms with Gasteiger partial charge < -0.3 is 4.90 Å². The van der Waals surface area contributed by atoms with Crippen LogP contribution in [0.4, 0.5) is 0 Å². The maximum absolute atomic E-state index is 11.2. The van der Waals surface area contributed by atoms with Crippen LogP contribution >= 0.6 is 0 Å². The van der Waals surface area contributed by atoms with Crippen molar-refractivity contribution in [3.8, 4) is 0 Å². The van der Waals surface area contributed by atoms with E-state index in [1.807, 2.05) is 19.0 Å². The van der Waals surface area contributed by atoms with Crippen molar-refractivity contribution < 1.29 is 4.79 Å². The fourth-order valence-electron chi connectivity index (χ4n) is 0.814. The van der Waals surface area contributed by atoms with E-state index in [-0.39, 0.29) is 5.91 Å². The fourth-order valence-corrected chi connectivity index (χ4v) is 0.814. The minimum Gasteiger partial charge on any atom is -0.329 e. The van der Waals surface area contributed by atoms with Crippen LogP contribution in [-0.4, -0.2) is 43.5 Å². The normalized spacial score (nSPS) is 9.91. The largest absolute Gasteiger partial charge is 0.329 e. The highest BCUT2D eigenvalue weighted by molar-refractivity contribution is 5.91. The third kappa shape index (κ3) is 3.78. The van der Waals surface area contributed by atoms with E-state index in [0.29, 0.717) is 12.2 Å². The van der Waals surface area contributed by atoms with E-state index in [0.717, 1.165) is 0 Å². The Bertz CT molecular complexity index is 163. The second-order valence-electron chi connectivity index (χ2n) is 3.00. The summed E-state index contributed by atoms with van der Waals surface area (Å²) in [5.74, 6) is -0.00120. The summed E-state index contributed by atoms with van der Waals surface area (Å²) in [4.78, 5) is 14.7. The summed E-state index contributed by atoms with van der Waals surface area (Å²) in [5, 5.41) is 0. The van der Waals surface area contributed by atoms with Crippen molar-refractivity contribution in [3.05, 3.63) is 12.2 Å². The van der Waals surface area contributed by atoms with Gasteiger partial charge in [-0.05, 0) is 21.0 Å². The molecule has 0 saturated heterocycles. The lowest BCUT2D eigenvalue weighted by molar-refractivity contribution is -0.127. The molecule has 64 valence electrons. The highest BCUT2D eigenvalue weighted by Crippen LogP contribution is 1.95. The molecule has 3 heteroatoms. The molecule has 0 heterocycles.